The summed E-state index contributed by atoms with van der Waals surface area (Å²) < 4.78 is 14.1. The molecule has 3 amide bonds. The Morgan fingerprint density at radius 2 is 1.57 bits per heavy atom. The molecule has 0 radical (unpaired) electrons. The van der Waals surface area contributed by atoms with Crippen molar-refractivity contribution in [2.24, 2.45) is 11.8 Å². The zero-order chi connectivity index (χ0) is 36.9. The molecule has 54 heavy (non-hydrogen) atoms. The van der Waals surface area contributed by atoms with E-state index in [2.05, 4.69) is 46.5 Å². The topological polar surface area (TPSA) is 137 Å². The van der Waals surface area contributed by atoms with Crippen molar-refractivity contribution in [1.82, 2.24) is 30.2 Å². The Bertz CT molecular complexity index is 1950. The van der Waals surface area contributed by atoms with Crippen LogP contribution in [0.25, 0.3) is 11.3 Å². The monoisotopic (exact) mass is 737 g/mol. The van der Waals surface area contributed by atoms with Crippen LogP contribution in [0.3, 0.4) is 0 Å². The first-order valence-corrected chi connectivity index (χ1v) is 19.6. The van der Waals surface area contributed by atoms with Crippen molar-refractivity contribution in [1.29, 1.82) is 0 Å². The molecule has 5 aliphatic heterocycles. The summed E-state index contributed by atoms with van der Waals surface area (Å²) in [5.41, 5.74) is 4.45. The molecule has 3 aromatic rings. The number of amides is 3. The smallest absolute Gasteiger partial charge is 0.255 e. The number of phenolic OH excluding ortho intramolecular Hbond substituents is 1. The van der Waals surface area contributed by atoms with Gasteiger partial charge in [-0.25, -0.2) is 4.39 Å². The zero-order valence-corrected chi connectivity index (χ0v) is 30.6. The third-order valence-corrected chi connectivity index (χ3v) is 12.7. The molecule has 2 aromatic carbocycles. The van der Waals surface area contributed by atoms with Gasteiger partial charge in [-0.05, 0) is 79.8 Å². The van der Waals surface area contributed by atoms with Gasteiger partial charge in [-0.2, -0.15) is 0 Å². The van der Waals surface area contributed by atoms with Gasteiger partial charge in [-0.15, -0.1) is 10.2 Å². The molecular weight excluding hydrogens is 689 g/mol. The fraction of sp³-hybridized carbons (Fsp3) is 0.525. The number of anilines is 3. The van der Waals surface area contributed by atoms with Crippen molar-refractivity contribution in [3.05, 3.63) is 59.4 Å². The maximum atomic E-state index is 14.1. The molecule has 6 aliphatic rings. The van der Waals surface area contributed by atoms with E-state index < -0.39 is 17.6 Å². The summed E-state index contributed by atoms with van der Waals surface area (Å²) in [6.45, 7) is 10.2. The average Bonchev–Trinajstić information content (AvgIpc) is 3.51. The molecule has 3 N–H and O–H groups in total. The number of phenols is 1. The number of rotatable bonds is 7. The second kappa shape index (κ2) is 14.4. The molecule has 1 saturated carbocycles. The number of nitrogens with zero attached hydrogens (tertiary/aromatic N) is 7. The predicted octanol–water partition coefficient (Wildman–Crippen LogP) is 3.29. The van der Waals surface area contributed by atoms with E-state index in [1.807, 2.05) is 18.2 Å². The third kappa shape index (κ3) is 6.74. The van der Waals surface area contributed by atoms with E-state index in [0.29, 0.717) is 35.8 Å². The molecule has 14 heteroatoms. The van der Waals surface area contributed by atoms with E-state index >= 15 is 0 Å². The van der Waals surface area contributed by atoms with Crippen LogP contribution in [0.5, 0.6) is 5.75 Å². The van der Waals surface area contributed by atoms with Crippen LogP contribution >= 0.6 is 0 Å². The Morgan fingerprint density at radius 1 is 0.815 bits per heavy atom. The molecule has 13 nitrogen and oxygen atoms in total. The number of imide groups is 1. The van der Waals surface area contributed by atoms with Gasteiger partial charge in [0.25, 0.3) is 5.91 Å². The normalized spacial score (nSPS) is 26.2. The number of halogens is 1. The predicted molar refractivity (Wildman–Crippen MR) is 202 cm³/mol. The fourth-order valence-electron chi connectivity index (χ4n) is 9.63. The van der Waals surface area contributed by atoms with Crippen LogP contribution in [0.2, 0.25) is 0 Å². The minimum atomic E-state index is -0.666. The van der Waals surface area contributed by atoms with Crippen LogP contribution in [0.4, 0.5) is 21.6 Å². The summed E-state index contributed by atoms with van der Waals surface area (Å²) >= 11 is 0. The van der Waals surface area contributed by atoms with Crippen LogP contribution in [-0.4, -0.2) is 125 Å². The molecule has 3 saturated heterocycles. The van der Waals surface area contributed by atoms with E-state index in [-0.39, 0.29) is 24.1 Å². The summed E-state index contributed by atoms with van der Waals surface area (Å²) in [6.07, 6.45) is 5.72. The fourth-order valence-corrected chi connectivity index (χ4v) is 9.63. The number of carbonyl (C=O) groups is 3. The number of aromatic hydroxyl groups is 1. The van der Waals surface area contributed by atoms with Crippen LogP contribution in [-0.2, 0) is 16.1 Å². The Morgan fingerprint density at radius 3 is 2.35 bits per heavy atom. The second-order valence-corrected chi connectivity index (χ2v) is 16.0. The Balaban J connectivity index is 0.725. The summed E-state index contributed by atoms with van der Waals surface area (Å²) in [5, 5.41) is 24.8. The summed E-state index contributed by atoms with van der Waals surface area (Å²) in [7, 11) is 0. The Hall–Kier alpha value is -4.82. The number of carbonyl (C=O) groups excluding carboxylic acids is 3. The SMILES string of the molecule is O=C1CC[C@H](N2Cc3ccc(N4CCN(C[C@H]5CC[C@H](CN6CCN7c8cc(-c9cccc(F)c9O)nnc8NC[C@H]7C6)CC5)CC4)cc3C2=O)C(=O)N1. The van der Waals surface area contributed by atoms with E-state index in [0.717, 1.165) is 100 Å². The average molecular weight is 738 g/mol. The summed E-state index contributed by atoms with van der Waals surface area (Å²) in [5.74, 6) is 0.349. The van der Waals surface area contributed by atoms with Gasteiger partial charge >= 0.3 is 0 Å². The van der Waals surface area contributed by atoms with Crippen molar-refractivity contribution in [2.75, 3.05) is 80.6 Å². The number of para-hydroxylation sites is 1. The molecule has 0 unspecified atom stereocenters. The third-order valence-electron chi connectivity index (χ3n) is 12.7. The van der Waals surface area contributed by atoms with Crippen molar-refractivity contribution in [2.45, 2.75) is 57.2 Å². The number of fused-ring (bicyclic) bond motifs is 4. The highest BCUT2D eigenvalue weighted by Crippen LogP contribution is 2.38. The summed E-state index contributed by atoms with van der Waals surface area (Å²) in [4.78, 5) is 49.0. The molecule has 1 aromatic heterocycles. The molecule has 1 aliphatic carbocycles. The van der Waals surface area contributed by atoms with Crippen molar-refractivity contribution >= 4 is 34.9 Å². The Labute approximate surface area is 314 Å². The highest BCUT2D eigenvalue weighted by atomic mass is 19.1. The summed E-state index contributed by atoms with van der Waals surface area (Å²) in [6, 6.07) is 12.2. The van der Waals surface area contributed by atoms with Crippen LogP contribution in [0, 0.1) is 17.7 Å². The molecule has 0 bridgehead atoms. The number of hydrogen-bond donors (Lipinski definition) is 3. The largest absolute Gasteiger partial charge is 0.504 e. The van der Waals surface area contributed by atoms with Crippen LogP contribution in [0.15, 0.2) is 42.5 Å². The number of piperidine rings is 1. The lowest BCUT2D eigenvalue weighted by atomic mass is 9.81. The molecular formula is C40H48FN9O4. The van der Waals surface area contributed by atoms with E-state index in [1.54, 1.807) is 17.0 Å². The van der Waals surface area contributed by atoms with Gasteiger partial charge in [0.1, 0.15) is 6.04 Å². The minimum Gasteiger partial charge on any atom is -0.504 e. The van der Waals surface area contributed by atoms with Crippen LogP contribution in [0.1, 0.15) is 54.4 Å². The van der Waals surface area contributed by atoms with Gasteiger partial charge in [-0.3, -0.25) is 29.5 Å². The van der Waals surface area contributed by atoms with E-state index in [4.69, 9.17) is 0 Å². The van der Waals surface area contributed by atoms with Crippen molar-refractivity contribution in [3.8, 4) is 17.0 Å². The van der Waals surface area contributed by atoms with Gasteiger partial charge in [0.2, 0.25) is 11.8 Å². The van der Waals surface area contributed by atoms with E-state index in [9.17, 15) is 23.9 Å². The van der Waals surface area contributed by atoms with Gasteiger partial charge in [0.05, 0.1) is 17.4 Å². The van der Waals surface area contributed by atoms with Crippen molar-refractivity contribution in [3.63, 3.8) is 0 Å². The maximum absolute atomic E-state index is 14.1. The number of piperazine rings is 2. The number of aromatic nitrogens is 2. The molecule has 0 spiro atoms. The molecule has 284 valence electrons. The van der Waals surface area contributed by atoms with Crippen LogP contribution < -0.4 is 20.4 Å². The first-order chi connectivity index (χ1) is 26.3. The molecule has 4 fully saturated rings. The quantitative estimate of drug-likeness (QED) is 0.308. The highest BCUT2D eigenvalue weighted by Gasteiger charge is 2.40. The maximum Gasteiger partial charge on any atom is 0.255 e. The number of benzene rings is 2. The van der Waals surface area contributed by atoms with Gasteiger partial charge in [0, 0.05) is 95.2 Å². The highest BCUT2D eigenvalue weighted by molar-refractivity contribution is 6.05. The molecule has 2 atom stereocenters. The number of hydrogen-bond acceptors (Lipinski definition) is 11. The lowest BCUT2D eigenvalue weighted by Crippen LogP contribution is -2.58. The van der Waals surface area contributed by atoms with Gasteiger partial charge in [0.15, 0.2) is 17.4 Å². The lowest BCUT2D eigenvalue weighted by Gasteiger charge is -2.47. The molecule has 9 rings (SSSR count). The minimum absolute atomic E-state index is 0.121. The van der Waals surface area contributed by atoms with Gasteiger partial charge < -0.3 is 25.1 Å². The first-order valence-electron chi connectivity index (χ1n) is 19.6. The van der Waals surface area contributed by atoms with Crippen molar-refractivity contribution < 1.29 is 23.9 Å². The van der Waals surface area contributed by atoms with E-state index in [1.165, 1.54) is 31.7 Å². The molecule has 6 heterocycles. The van der Waals surface area contributed by atoms with Gasteiger partial charge in [-0.1, -0.05) is 12.1 Å². The Kier molecular flexibility index (Phi) is 9.34. The lowest BCUT2D eigenvalue weighted by molar-refractivity contribution is -0.136. The standard InChI is InChI=1S/C40H48FN9O4/c41-32-3-1-2-30(37(32)52)33-19-35-38(45-44-33)42-20-29-24-47(14-17-49(29)35)22-26-6-4-25(5-7-26)21-46-12-15-48(16-13-46)28-9-8-27-23-50(40(54)31(27)18-28)34-10-11-36(51)43-39(34)53/h1-3,8-9,18-19,25-26,29,34,52H,4-7,10-17,20-24H2,(H,42,45)(H,43,51,53)/t25-,26-,29-,34-/m0/s1. The zero-order valence-electron chi connectivity index (χ0n) is 30.6. The second-order valence-electron chi connectivity index (χ2n) is 16.0. The number of nitrogens with one attached hydrogen (secondary N) is 2. The first kappa shape index (κ1) is 34.9.